The summed E-state index contributed by atoms with van der Waals surface area (Å²) in [6.07, 6.45) is 0. The van der Waals surface area contributed by atoms with Crippen molar-refractivity contribution in [3.63, 3.8) is 0 Å². The summed E-state index contributed by atoms with van der Waals surface area (Å²) >= 11 is 0. The van der Waals surface area contributed by atoms with Gasteiger partial charge in [0.25, 0.3) is 0 Å². The number of hydrogen-bond acceptors (Lipinski definition) is 4. The minimum absolute atomic E-state index is 0.323. The molecule has 0 unspecified atom stereocenters. The zero-order valence-corrected chi connectivity index (χ0v) is 12.5. The molecule has 0 N–H and O–H groups in total. The molecule has 2 aromatic carbocycles. The van der Waals surface area contributed by atoms with Crippen LogP contribution in [0.4, 0.5) is 0 Å². The largest absolute Gasteiger partial charge is 0.423 e. The molecule has 0 bridgehead atoms. The second-order valence-electron chi connectivity index (χ2n) is 4.98. The van der Waals surface area contributed by atoms with Crippen LogP contribution in [0.1, 0.15) is 13.8 Å². The Balaban J connectivity index is 2.35. The van der Waals surface area contributed by atoms with Gasteiger partial charge in [-0.05, 0) is 43.5 Å². The van der Waals surface area contributed by atoms with E-state index >= 15 is 0 Å². The van der Waals surface area contributed by atoms with Crippen LogP contribution in [-0.4, -0.2) is 11.9 Å². The fraction of sp³-hybridized carbons (Fsp3) is 0.111. The van der Waals surface area contributed by atoms with Crippen LogP contribution in [0.25, 0.3) is 10.8 Å². The molecule has 0 spiro atoms. The van der Waals surface area contributed by atoms with Crippen molar-refractivity contribution in [3.05, 3.63) is 60.7 Å². The Morgan fingerprint density at radius 1 is 0.909 bits per heavy atom. The number of benzene rings is 2. The molecule has 4 nitrogen and oxygen atoms in total. The van der Waals surface area contributed by atoms with Crippen molar-refractivity contribution in [1.29, 1.82) is 0 Å². The Hall–Kier alpha value is -2.88. The highest BCUT2D eigenvalue weighted by Gasteiger charge is 2.10. The summed E-state index contributed by atoms with van der Waals surface area (Å²) in [7, 11) is 0. The maximum Gasteiger partial charge on any atom is 0.338 e. The van der Waals surface area contributed by atoms with Crippen molar-refractivity contribution < 1.29 is 19.1 Å². The van der Waals surface area contributed by atoms with Gasteiger partial charge in [0.05, 0.1) is 0 Å². The van der Waals surface area contributed by atoms with Gasteiger partial charge in [0.1, 0.15) is 11.5 Å². The molecule has 4 heteroatoms. The smallest absolute Gasteiger partial charge is 0.338 e. The lowest BCUT2D eigenvalue weighted by Crippen LogP contribution is -2.09. The van der Waals surface area contributed by atoms with E-state index in [0.717, 1.165) is 10.8 Å². The van der Waals surface area contributed by atoms with Gasteiger partial charge in [-0.3, -0.25) is 0 Å². The van der Waals surface area contributed by atoms with Gasteiger partial charge in [0.15, 0.2) is 0 Å². The van der Waals surface area contributed by atoms with E-state index in [-0.39, 0.29) is 0 Å². The van der Waals surface area contributed by atoms with Crippen LogP contribution in [0, 0.1) is 0 Å². The predicted molar refractivity (Wildman–Crippen MR) is 84.8 cm³/mol. The number of carbonyl (C=O) groups excluding carboxylic acids is 2. The molecule has 0 aliphatic heterocycles. The van der Waals surface area contributed by atoms with Crippen molar-refractivity contribution in [2.24, 2.45) is 0 Å². The van der Waals surface area contributed by atoms with Gasteiger partial charge < -0.3 is 9.47 Å². The molecule has 0 atom stereocenters. The average Bonchev–Trinajstić information content (AvgIpc) is 2.47. The molecule has 22 heavy (non-hydrogen) atoms. The van der Waals surface area contributed by atoms with Crippen LogP contribution < -0.4 is 9.47 Å². The number of hydrogen-bond donors (Lipinski definition) is 0. The Kier molecular flexibility index (Phi) is 4.41. The summed E-state index contributed by atoms with van der Waals surface area (Å²) in [5.74, 6) is -0.123. The summed E-state index contributed by atoms with van der Waals surface area (Å²) < 4.78 is 10.5. The predicted octanol–water partition coefficient (Wildman–Crippen LogP) is 3.80. The number of ether oxygens (including phenoxy) is 2. The van der Waals surface area contributed by atoms with Gasteiger partial charge in [0.2, 0.25) is 0 Å². The van der Waals surface area contributed by atoms with E-state index in [0.29, 0.717) is 22.6 Å². The first-order valence-electron chi connectivity index (χ1n) is 6.66. The Labute approximate surface area is 128 Å². The van der Waals surface area contributed by atoms with Crippen molar-refractivity contribution in [1.82, 2.24) is 0 Å². The molecule has 0 aliphatic rings. The fourth-order valence-electron chi connectivity index (χ4n) is 1.77. The van der Waals surface area contributed by atoms with Crippen LogP contribution in [0.3, 0.4) is 0 Å². The van der Waals surface area contributed by atoms with Crippen molar-refractivity contribution in [2.45, 2.75) is 13.8 Å². The van der Waals surface area contributed by atoms with E-state index in [2.05, 4.69) is 13.2 Å². The molecule has 0 radical (unpaired) electrons. The first kappa shape index (κ1) is 15.5. The minimum atomic E-state index is -0.482. The topological polar surface area (TPSA) is 52.6 Å². The second kappa shape index (κ2) is 6.26. The molecular formula is C18H16O4. The third-order valence-corrected chi connectivity index (χ3v) is 2.92. The monoisotopic (exact) mass is 296 g/mol. The number of carbonyl (C=O) groups is 2. The van der Waals surface area contributed by atoms with Gasteiger partial charge in [-0.25, -0.2) is 9.59 Å². The lowest BCUT2D eigenvalue weighted by Gasteiger charge is -2.09. The van der Waals surface area contributed by atoms with Gasteiger partial charge in [0, 0.05) is 16.5 Å². The molecule has 0 heterocycles. The van der Waals surface area contributed by atoms with Crippen LogP contribution in [0.15, 0.2) is 60.7 Å². The SMILES string of the molecule is C=C(C)C(=O)Oc1ccc2c(OC(=O)C(=C)C)cccc2c1. The quantitative estimate of drug-likeness (QED) is 0.489. The summed E-state index contributed by atoms with van der Waals surface area (Å²) in [5, 5.41) is 1.53. The van der Waals surface area contributed by atoms with Crippen LogP contribution in [0.2, 0.25) is 0 Å². The molecule has 0 amide bonds. The van der Waals surface area contributed by atoms with Crippen molar-refractivity contribution >= 4 is 22.7 Å². The lowest BCUT2D eigenvalue weighted by atomic mass is 10.1. The standard InChI is InChI=1S/C18H16O4/c1-11(2)17(19)21-14-8-9-15-13(10-14)6-5-7-16(15)22-18(20)12(3)4/h5-10H,1,3H2,2,4H3. The molecule has 0 fully saturated rings. The van der Waals surface area contributed by atoms with E-state index in [1.54, 1.807) is 44.2 Å². The van der Waals surface area contributed by atoms with Gasteiger partial charge in [-0.2, -0.15) is 0 Å². The van der Waals surface area contributed by atoms with E-state index in [4.69, 9.17) is 9.47 Å². The summed E-state index contributed by atoms with van der Waals surface area (Å²) in [4.78, 5) is 23.2. The van der Waals surface area contributed by atoms with Crippen molar-refractivity contribution in [3.8, 4) is 11.5 Å². The minimum Gasteiger partial charge on any atom is -0.423 e. The summed E-state index contributed by atoms with van der Waals surface area (Å²) in [6.45, 7) is 10.3. The molecule has 0 saturated carbocycles. The molecule has 2 rings (SSSR count). The number of rotatable bonds is 4. The molecule has 0 aliphatic carbocycles. The zero-order valence-electron chi connectivity index (χ0n) is 12.5. The van der Waals surface area contributed by atoms with E-state index in [1.807, 2.05) is 6.07 Å². The Bertz CT molecular complexity index is 787. The summed E-state index contributed by atoms with van der Waals surface area (Å²) in [6, 6.07) is 10.4. The number of fused-ring (bicyclic) bond motifs is 1. The first-order chi connectivity index (χ1) is 10.4. The third kappa shape index (κ3) is 3.41. The number of esters is 2. The highest BCUT2D eigenvalue weighted by atomic mass is 16.5. The highest BCUT2D eigenvalue weighted by molar-refractivity contribution is 5.95. The van der Waals surface area contributed by atoms with Crippen molar-refractivity contribution in [2.75, 3.05) is 0 Å². The maximum atomic E-state index is 11.6. The van der Waals surface area contributed by atoms with Crippen LogP contribution >= 0.6 is 0 Å². The fourth-order valence-corrected chi connectivity index (χ4v) is 1.77. The maximum absolute atomic E-state index is 11.6. The summed E-state index contributed by atoms with van der Waals surface area (Å²) in [5.41, 5.74) is 0.647. The van der Waals surface area contributed by atoms with Gasteiger partial charge >= 0.3 is 11.9 Å². The molecule has 0 aromatic heterocycles. The van der Waals surface area contributed by atoms with E-state index in [1.165, 1.54) is 0 Å². The lowest BCUT2D eigenvalue weighted by molar-refractivity contribution is -0.130. The molecule has 0 saturated heterocycles. The zero-order chi connectivity index (χ0) is 16.3. The second-order valence-corrected chi connectivity index (χ2v) is 4.98. The Morgan fingerprint density at radius 2 is 1.55 bits per heavy atom. The van der Waals surface area contributed by atoms with Crippen LogP contribution in [-0.2, 0) is 9.59 Å². The molecule has 2 aromatic rings. The first-order valence-corrected chi connectivity index (χ1v) is 6.66. The molecular weight excluding hydrogens is 280 g/mol. The third-order valence-electron chi connectivity index (χ3n) is 2.92. The average molecular weight is 296 g/mol. The highest BCUT2D eigenvalue weighted by Crippen LogP contribution is 2.29. The molecule has 112 valence electrons. The van der Waals surface area contributed by atoms with Crippen LogP contribution in [0.5, 0.6) is 11.5 Å². The van der Waals surface area contributed by atoms with Gasteiger partial charge in [-0.1, -0.05) is 25.3 Å². The van der Waals surface area contributed by atoms with E-state index in [9.17, 15) is 9.59 Å². The van der Waals surface area contributed by atoms with Gasteiger partial charge in [-0.15, -0.1) is 0 Å². The normalized spacial score (nSPS) is 10.1. The van der Waals surface area contributed by atoms with E-state index < -0.39 is 11.9 Å². The Morgan fingerprint density at radius 3 is 2.18 bits per heavy atom.